The van der Waals surface area contributed by atoms with E-state index in [1.54, 1.807) is 35.1 Å². The Hall–Kier alpha value is -2.80. The molecule has 0 radical (unpaired) electrons. The van der Waals surface area contributed by atoms with Crippen molar-refractivity contribution in [3.05, 3.63) is 54.3 Å². The first-order valence-corrected chi connectivity index (χ1v) is 10.6. The van der Waals surface area contributed by atoms with Crippen molar-refractivity contribution in [3.63, 3.8) is 0 Å². The minimum atomic E-state index is -0.495. The fourth-order valence-corrected chi connectivity index (χ4v) is 4.52. The zero-order chi connectivity index (χ0) is 20.6. The molecule has 1 unspecified atom stereocenters. The largest absolute Gasteiger partial charge is 0.463 e. The summed E-state index contributed by atoms with van der Waals surface area (Å²) in [6, 6.07) is 12.4. The second-order valence-electron chi connectivity index (χ2n) is 8.08. The van der Waals surface area contributed by atoms with Crippen LogP contribution in [-0.2, 0) is 4.79 Å². The number of aromatic nitrogens is 1. The number of furan rings is 1. The van der Waals surface area contributed by atoms with Gasteiger partial charge in [0.15, 0.2) is 5.76 Å². The van der Waals surface area contributed by atoms with Gasteiger partial charge in [-0.3, -0.25) is 9.59 Å². The SMILES string of the molecule is CC(C)(C)NC(=O)C1CSCN1C(=O)c1cc(-c2ccco2)nc2ccccc12. The highest BCUT2D eigenvalue weighted by Gasteiger charge is 2.37. The molecule has 7 heteroatoms. The van der Waals surface area contributed by atoms with E-state index < -0.39 is 6.04 Å². The quantitative estimate of drug-likeness (QED) is 0.710. The molecule has 2 amide bonds. The molecule has 0 saturated carbocycles. The highest BCUT2D eigenvalue weighted by atomic mass is 32.2. The molecule has 3 aromatic rings. The van der Waals surface area contributed by atoms with E-state index in [1.807, 2.05) is 51.1 Å². The van der Waals surface area contributed by atoms with Crippen molar-refractivity contribution < 1.29 is 14.0 Å². The summed E-state index contributed by atoms with van der Waals surface area (Å²) in [6.07, 6.45) is 1.58. The average Bonchev–Trinajstić information content (AvgIpc) is 3.37. The molecule has 0 aliphatic carbocycles. The number of para-hydroxylation sites is 1. The summed E-state index contributed by atoms with van der Waals surface area (Å²) in [5.74, 6) is 1.37. The Morgan fingerprint density at radius 1 is 1.21 bits per heavy atom. The van der Waals surface area contributed by atoms with Gasteiger partial charge in [0.25, 0.3) is 5.91 Å². The summed E-state index contributed by atoms with van der Waals surface area (Å²) in [5.41, 5.74) is 1.49. The van der Waals surface area contributed by atoms with Crippen molar-refractivity contribution in [1.82, 2.24) is 15.2 Å². The van der Waals surface area contributed by atoms with Crippen LogP contribution in [-0.4, -0.2) is 44.9 Å². The molecule has 0 bridgehead atoms. The van der Waals surface area contributed by atoms with E-state index in [0.717, 1.165) is 5.39 Å². The summed E-state index contributed by atoms with van der Waals surface area (Å²) >= 11 is 1.59. The van der Waals surface area contributed by atoms with Crippen molar-refractivity contribution in [3.8, 4) is 11.5 Å². The number of fused-ring (bicyclic) bond motifs is 1. The van der Waals surface area contributed by atoms with Crippen LogP contribution >= 0.6 is 11.8 Å². The zero-order valence-electron chi connectivity index (χ0n) is 16.6. The number of hydrogen-bond donors (Lipinski definition) is 1. The Labute approximate surface area is 173 Å². The topological polar surface area (TPSA) is 75.4 Å². The van der Waals surface area contributed by atoms with Crippen LogP contribution < -0.4 is 5.32 Å². The van der Waals surface area contributed by atoms with Gasteiger partial charge in [-0.15, -0.1) is 11.8 Å². The highest BCUT2D eigenvalue weighted by molar-refractivity contribution is 7.99. The molecule has 4 rings (SSSR count). The van der Waals surface area contributed by atoms with E-state index in [4.69, 9.17) is 4.42 Å². The molecule has 1 saturated heterocycles. The van der Waals surface area contributed by atoms with Crippen LogP contribution in [0, 0.1) is 0 Å². The fraction of sp³-hybridized carbons (Fsp3) is 0.318. The van der Waals surface area contributed by atoms with Gasteiger partial charge in [0.05, 0.1) is 23.2 Å². The Morgan fingerprint density at radius 3 is 2.72 bits per heavy atom. The standard InChI is InChI=1S/C22H23N3O3S/c1-22(2,3)24-20(26)18-12-29-13-25(18)21(27)15-11-17(19-9-6-10-28-19)23-16-8-5-4-7-14(15)16/h4-11,18H,12-13H2,1-3H3,(H,24,26). The van der Waals surface area contributed by atoms with E-state index in [0.29, 0.717) is 34.2 Å². The lowest BCUT2D eigenvalue weighted by Crippen LogP contribution is -2.52. The molecule has 1 aromatic carbocycles. The maximum absolute atomic E-state index is 13.5. The second kappa shape index (κ2) is 7.55. The van der Waals surface area contributed by atoms with Gasteiger partial charge >= 0.3 is 0 Å². The van der Waals surface area contributed by atoms with Crippen LogP contribution in [0.5, 0.6) is 0 Å². The maximum Gasteiger partial charge on any atom is 0.256 e. The molecule has 1 fully saturated rings. The number of carbonyl (C=O) groups is 2. The molecular formula is C22H23N3O3S. The molecule has 1 atom stereocenters. The summed E-state index contributed by atoms with van der Waals surface area (Å²) < 4.78 is 5.49. The third kappa shape index (κ3) is 4.00. The first kappa shape index (κ1) is 19.5. The summed E-state index contributed by atoms with van der Waals surface area (Å²) in [5, 5.41) is 3.76. The van der Waals surface area contributed by atoms with Crippen LogP contribution in [0.3, 0.4) is 0 Å². The monoisotopic (exact) mass is 409 g/mol. The van der Waals surface area contributed by atoms with Crippen LogP contribution in [0.15, 0.2) is 53.1 Å². The summed E-state index contributed by atoms with van der Waals surface area (Å²) in [7, 11) is 0. The Bertz CT molecular complexity index is 1060. The molecule has 150 valence electrons. The first-order valence-electron chi connectivity index (χ1n) is 9.48. The molecule has 3 heterocycles. The second-order valence-corrected chi connectivity index (χ2v) is 9.08. The number of nitrogens with one attached hydrogen (secondary N) is 1. The van der Waals surface area contributed by atoms with E-state index in [2.05, 4.69) is 10.3 Å². The molecule has 2 aromatic heterocycles. The molecule has 29 heavy (non-hydrogen) atoms. The number of nitrogens with zero attached hydrogens (tertiary/aromatic N) is 2. The van der Waals surface area contributed by atoms with Gasteiger partial charge < -0.3 is 14.6 Å². The van der Waals surface area contributed by atoms with Crippen LogP contribution in [0.4, 0.5) is 0 Å². The number of rotatable bonds is 3. The summed E-state index contributed by atoms with van der Waals surface area (Å²) in [4.78, 5) is 32.6. The van der Waals surface area contributed by atoms with Gasteiger partial charge in [-0.1, -0.05) is 18.2 Å². The van der Waals surface area contributed by atoms with E-state index in [1.165, 1.54) is 0 Å². The molecule has 1 aliphatic heterocycles. The third-order valence-corrected chi connectivity index (χ3v) is 5.68. The van der Waals surface area contributed by atoms with Gasteiger partial charge in [-0.05, 0) is 45.0 Å². The Kier molecular flexibility index (Phi) is 5.08. The normalized spacial score (nSPS) is 16.9. The number of pyridine rings is 1. The van der Waals surface area contributed by atoms with Gasteiger partial charge in [0, 0.05) is 16.7 Å². The Balaban J connectivity index is 1.73. The van der Waals surface area contributed by atoms with Crippen LogP contribution in [0.1, 0.15) is 31.1 Å². The molecule has 0 spiro atoms. The number of hydrogen-bond acceptors (Lipinski definition) is 5. The fourth-order valence-electron chi connectivity index (χ4n) is 3.37. The van der Waals surface area contributed by atoms with Crippen molar-refractivity contribution in [2.45, 2.75) is 32.4 Å². The molecule has 1 N–H and O–H groups in total. The number of amides is 2. The van der Waals surface area contributed by atoms with E-state index in [-0.39, 0.29) is 17.4 Å². The predicted octanol–water partition coefficient (Wildman–Crippen LogP) is 3.92. The Morgan fingerprint density at radius 2 is 2.00 bits per heavy atom. The molecule has 1 aliphatic rings. The van der Waals surface area contributed by atoms with Gasteiger partial charge in [0.1, 0.15) is 11.7 Å². The lowest BCUT2D eigenvalue weighted by molar-refractivity contribution is -0.125. The minimum absolute atomic E-state index is 0.125. The minimum Gasteiger partial charge on any atom is -0.463 e. The van der Waals surface area contributed by atoms with Crippen LogP contribution in [0.25, 0.3) is 22.4 Å². The van der Waals surface area contributed by atoms with E-state index in [9.17, 15) is 9.59 Å². The zero-order valence-corrected chi connectivity index (χ0v) is 17.5. The first-order chi connectivity index (χ1) is 13.8. The van der Waals surface area contributed by atoms with Gasteiger partial charge in [-0.25, -0.2) is 4.98 Å². The van der Waals surface area contributed by atoms with E-state index >= 15 is 0 Å². The summed E-state index contributed by atoms with van der Waals surface area (Å²) in [6.45, 7) is 5.81. The van der Waals surface area contributed by atoms with Crippen molar-refractivity contribution >= 4 is 34.5 Å². The number of thioether (sulfide) groups is 1. The number of benzene rings is 1. The average molecular weight is 410 g/mol. The van der Waals surface area contributed by atoms with Crippen molar-refractivity contribution in [2.75, 3.05) is 11.6 Å². The third-order valence-electron chi connectivity index (χ3n) is 4.66. The smallest absolute Gasteiger partial charge is 0.256 e. The maximum atomic E-state index is 13.5. The molecule has 6 nitrogen and oxygen atoms in total. The van der Waals surface area contributed by atoms with Crippen molar-refractivity contribution in [1.29, 1.82) is 0 Å². The van der Waals surface area contributed by atoms with Gasteiger partial charge in [0.2, 0.25) is 5.91 Å². The van der Waals surface area contributed by atoms with Gasteiger partial charge in [-0.2, -0.15) is 0 Å². The lowest BCUT2D eigenvalue weighted by Gasteiger charge is -2.28. The molecular weight excluding hydrogens is 386 g/mol. The van der Waals surface area contributed by atoms with Crippen LogP contribution in [0.2, 0.25) is 0 Å². The number of carbonyl (C=O) groups excluding carboxylic acids is 2. The highest BCUT2D eigenvalue weighted by Crippen LogP contribution is 2.29. The predicted molar refractivity (Wildman–Crippen MR) is 115 cm³/mol. The lowest BCUT2D eigenvalue weighted by atomic mass is 10.0. The van der Waals surface area contributed by atoms with Crippen molar-refractivity contribution in [2.24, 2.45) is 0 Å².